The van der Waals surface area contributed by atoms with E-state index in [-0.39, 0.29) is 24.9 Å². The average molecular weight is 306 g/mol. The Labute approximate surface area is 130 Å². The number of benzene rings is 1. The monoisotopic (exact) mass is 306 g/mol. The van der Waals surface area contributed by atoms with E-state index in [1.54, 1.807) is 11.9 Å². The molecule has 7 nitrogen and oxygen atoms in total. The van der Waals surface area contributed by atoms with E-state index in [9.17, 15) is 14.4 Å². The Kier molecular flexibility index (Phi) is 6.52. The maximum atomic E-state index is 12.0. The van der Waals surface area contributed by atoms with Crippen LogP contribution in [0.1, 0.15) is 18.1 Å². The van der Waals surface area contributed by atoms with Crippen LogP contribution < -0.4 is 16.2 Å². The Balaban J connectivity index is 2.46. The number of hydrazine groups is 1. The number of amides is 3. The molecule has 7 heteroatoms. The lowest BCUT2D eigenvalue weighted by Crippen LogP contribution is -2.46. The number of rotatable bonds is 5. The van der Waals surface area contributed by atoms with Gasteiger partial charge in [0.2, 0.25) is 11.8 Å². The largest absolute Gasteiger partial charge is 0.325 e. The number of hydrogen-bond acceptors (Lipinski definition) is 4. The third-order valence-corrected chi connectivity index (χ3v) is 3.08. The van der Waals surface area contributed by atoms with Gasteiger partial charge in [-0.2, -0.15) is 0 Å². The van der Waals surface area contributed by atoms with Crippen LogP contribution in [0, 0.1) is 13.8 Å². The number of hydrogen-bond donors (Lipinski definition) is 3. The topological polar surface area (TPSA) is 90.5 Å². The molecule has 0 radical (unpaired) electrons. The van der Waals surface area contributed by atoms with E-state index in [2.05, 4.69) is 16.2 Å². The maximum absolute atomic E-state index is 12.0. The van der Waals surface area contributed by atoms with Gasteiger partial charge < -0.3 is 5.32 Å². The van der Waals surface area contributed by atoms with Crippen molar-refractivity contribution in [1.82, 2.24) is 15.8 Å². The van der Waals surface area contributed by atoms with E-state index in [0.29, 0.717) is 0 Å². The zero-order chi connectivity index (χ0) is 16.7. The molecule has 0 aliphatic heterocycles. The summed E-state index contributed by atoms with van der Waals surface area (Å²) in [5, 5.41) is 2.82. The summed E-state index contributed by atoms with van der Waals surface area (Å²) in [7, 11) is 1.65. The minimum Gasteiger partial charge on any atom is -0.325 e. The third kappa shape index (κ3) is 5.92. The lowest BCUT2D eigenvalue weighted by atomic mass is 10.1. The zero-order valence-corrected chi connectivity index (χ0v) is 13.3. The van der Waals surface area contributed by atoms with Crippen molar-refractivity contribution in [2.45, 2.75) is 20.8 Å². The van der Waals surface area contributed by atoms with Gasteiger partial charge in [0.1, 0.15) is 0 Å². The SMILES string of the molecule is CC(=O)NNC(=O)CN(C)CC(=O)Nc1cccc(C)c1C. The standard InChI is InChI=1S/C15H22N4O3/c1-10-6-5-7-13(11(10)2)16-14(21)8-19(4)9-15(22)18-17-12(3)20/h5-7H,8-9H2,1-4H3,(H,16,21)(H,17,20)(H,18,22). The first kappa shape index (κ1) is 17.6. The molecule has 0 heterocycles. The van der Waals surface area contributed by atoms with Gasteiger partial charge in [-0.3, -0.25) is 30.1 Å². The molecule has 0 spiro atoms. The summed E-state index contributed by atoms with van der Waals surface area (Å²) in [5.41, 5.74) is 7.31. The Bertz CT molecular complexity index is 572. The molecular weight excluding hydrogens is 284 g/mol. The zero-order valence-electron chi connectivity index (χ0n) is 13.3. The molecule has 0 unspecified atom stereocenters. The van der Waals surface area contributed by atoms with E-state index >= 15 is 0 Å². The minimum atomic E-state index is -0.391. The molecule has 0 aliphatic rings. The number of nitrogens with one attached hydrogen (secondary N) is 3. The fourth-order valence-corrected chi connectivity index (χ4v) is 1.82. The van der Waals surface area contributed by atoms with Crippen LogP contribution in [0.15, 0.2) is 18.2 Å². The average Bonchev–Trinajstić information content (AvgIpc) is 2.41. The second kappa shape index (κ2) is 8.14. The van der Waals surface area contributed by atoms with Crippen LogP contribution in [0.4, 0.5) is 5.69 Å². The number of carbonyl (C=O) groups is 3. The van der Waals surface area contributed by atoms with Crippen molar-refractivity contribution in [3.05, 3.63) is 29.3 Å². The predicted octanol–water partition coefficient (Wildman–Crippen LogP) is 0.341. The quantitative estimate of drug-likeness (QED) is 0.684. The highest BCUT2D eigenvalue weighted by atomic mass is 16.2. The maximum Gasteiger partial charge on any atom is 0.252 e. The second-order valence-electron chi connectivity index (χ2n) is 5.20. The number of carbonyl (C=O) groups excluding carboxylic acids is 3. The fourth-order valence-electron chi connectivity index (χ4n) is 1.82. The molecule has 3 N–H and O–H groups in total. The second-order valence-corrected chi connectivity index (χ2v) is 5.20. The van der Waals surface area contributed by atoms with Gasteiger partial charge in [-0.15, -0.1) is 0 Å². The van der Waals surface area contributed by atoms with Gasteiger partial charge >= 0.3 is 0 Å². The van der Waals surface area contributed by atoms with Gasteiger partial charge in [-0.25, -0.2) is 0 Å². The number of nitrogens with zero attached hydrogens (tertiary/aromatic N) is 1. The Morgan fingerprint density at radius 2 is 1.68 bits per heavy atom. The van der Waals surface area contributed by atoms with Crippen molar-refractivity contribution in [3.63, 3.8) is 0 Å². The molecule has 0 aliphatic carbocycles. The Morgan fingerprint density at radius 3 is 2.32 bits per heavy atom. The highest BCUT2D eigenvalue weighted by Gasteiger charge is 2.12. The number of anilines is 1. The molecule has 0 aromatic heterocycles. The normalized spacial score (nSPS) is 10.2. The molecule has 0 bridgehead atoms. The van der Waals surface area contributed by atoms with E-state index in [0.717, 1.165) is 16.8 Å². The van der Waals surface area contributed by atoms with Gasteiger partial charge in [0.25, 0.3) is 5.91 Å². The van der Waals surface area contributed by atoms with Crippen molar-refractivity contribution in [3.8, 4) is 0 Å². The van der Waals surface area contributed by atoms with Crippen molar-refractivity contribution in [2.75, 3.05) is 25.5 Å². The summed E-state index contributed by atoms with van der Waals surface area (Å²) in [6, 6.07) is 5.69. The van der Waals surface area contributed by atoms with Gasteiger partial charge in [-0.1, -0.05) is 12.1 Å². The first-order valence-electron chi connectivity index (χ1n) is 6.89. The molecule has 3 amide bonds. The van der Waals surface area contributed by atoms with E-state index < -0.39 is 5.91 Å². The number of aryl methyl sites for hydroxylation is 1. The van der Waals surface area contributed by atoms with Crippen LogP contribution in [0.2, 0.25) is 0 Å². The van der Waals surface area contributed by atoms with Crippen molar-refractivity contribution >= 4 is 23.4 Å². The summed E-state index contributed by atoms with van der Waals surface area (Å²) in [6.07, 6.45) is 0. The smallest absolute Gasteiger partial charge is 0.252 e. The van der Waals surface area contributed by atoms with Gasteiger partial charge in [-0.05, 0) is 38.1 Å². The molecular formula is C15H22N4O3. The molecule has 0 fully saturated rings. The predicted molar refractivity (Wildman–Crippen MR) is 84.0 cm³/mol. The van der Waals surface area contributed by atoms with Crippen LogP contribution in [0.3, 0.4) is 0 Å². The van der Waals surface area contributed by atoms with Crippen LogP contribution >= 0.6 is 0 Å². The highest BCUT2D eigenvalue weighted by molar-refractivity contribution is 5.93. The summed E-state index contributed by atoms with van der Waals surface area (Å²) >= 11 is 0. The molecule has 0 saturated carbocycles. The first-order valence-corrected chi connectivity index (χ1v) is 6.89. The summed E-state index contributed by atoms with van der Waals surface area (Å²) < 4.78 is 0. The highest BCUT2D eigenvalue weighted by Crippen LogP contribution is 2.17. The molecule has 1 rings (SSSR count). The first-order chi connectivity index (χ1) is 10.3. The fraction of sp³-hybridized carbons (Fsp3) is 0.400. The van der Waals surface area contributed by atoms with Gasteiger partial charge in [0, 0.05) is 12.6 Å². The summed E-state index contributed by atoms with van der Waals surface area (Å²) in [5.74, 6) is -0.954. The molecule has 1 aromatic carbocycles. The van der Waals surface area contributed by atoms with Crippen LogP contribution in [-0.4, -0.2) is 42.8 Å². The molecule has 0 saturated heterocycles. The molecule has 1 aromatic rings. The summed E-state index contributed by atoms with van der Waals surface area (Å²) in [4.78, 5) is 35.7. The molecule has 22 heavy (non-hydrogen) atoms. The van der Waals surface area contributed by atoms with Crippen LogP contribution in [0.25, 0.3) is 0 Å². The lowest BCUT2D eigenvalue weighted by Gasteiger charge is -2.17. The van der Waals surface area contributed by atoms with Crippen molar-refractivity contribution in [1.29, 1.82) is 0 Å². The van der Waals surface area contributed by atoms with E-state index in [1.165, 1.54) is 6.92 Å². The van der Waals surface area contributed by atoms with Crippen molar-refractivity contribution in [2.24, 2.45) is 0 Å². The van der Waals surface area contributed by atoms with Crippen LogP contribution in [-0.2, 0) is 14.4 Å². The Morgan fingerprint density at radius 1 is 1.05 bits per heavy atom. The van der Waals surface area contributed by atoms with Crippen LogP contribution in [0.5, 0.6) is 0 Å². The lowest BCUT2D eigenvalue weighted by molar-refractivity contribution is -0.128. The van der Waals surface area contributed by atoms with Crippen molar-refractivity contribution < 1.29 is 14.4 Å². The van der Waals surface area contributed by atoms with E-state index in [4.69, 9.17) is 0 Å². The summed E-state index contributed by atoms with van der Waals surface area (Å²) in [6.45, 7) is 5.28. The Hall–Kier alpha value is -2.41. The van der Waals surface area contributed by atoms with Gasteiger partial charge in [0.05, 0.1) is 13.1 Å². The number of likely N-dealkylation sites (N-methyl/N-ethyl adjacent to an activating group) is 1. The van der Waals surface area contributed by atoms with Gasteiger partial charge in [0.15, 0.2) is 0 Å². The van der Waals surface area contributed by atoms with E-state index in [1.807, 2.05) is 32.0 Å². The molecule has 120 valence electrons. The third-order valence-electron chi connectivity index (χ3n) is 3.08. The molecule has 0 atom stereocenters. The minimum absolute atomic E-state index is 0.000496.